The van der Waals surface area contributed by atoms with Crippen molar-refractivity contribution in [2.75, 3.05) is 6.61 Å². The van der Waals surface area contributed by atoms with Crippen LogP contribution in [0.4, 0.5) is 0 Å². The van der Waals surface area contributed by atoms with Crippen molar-refractivity contribution in [2.24, 2.45) is 0 Å². The summed E-state index contributed by atoms with van der Waals surface area (Å²) >= 11 is 0. The van der Waals surface area contributed by atoms with Gasteiger partial charge in [-0.3, -0.25) is 4.68 Å². The Balaban J connectivity index is 1.47. The van der Waals surface area contributed by atoms with Crippen molar-refractivity contribution in [2.45, 2.75) is 19.4 Å². The lowest BCUT2D eigenvalue weighted by atomic mass is 10.2. The summed E-state index contributed by atoms with van der Waals surface area (Å²) < 4.78 is 7.50. The minimum atomic E-state index is 0.447. The van der Waals surface area contributed by atoms with Crippen molar-refractivity contribution in [3.05, 3.63) is 48.9 Å². The molecule has 0 atom stereocenters. The van der Waals surface area contributed by atoms with Gasteiger partial charge >= 0.3 is 6.01 Å². The molecule has 5 heteroatoms. The molecule has 2 aromatic heterocycles. The lowest BCUT2D eigenvalue weighted by molar-refractivity contribution is 0.280. The summed E-state index contributed by atoms with van der Waals surface area (Å²) in [7, 11) is 0. The van der Waals surface area contributed by atoms with E-state index in [1.54, 1.807) is 12.4 Å². The fourth-order valence-electron chi connectivity index (χ4n) is 2.00. The third-order valence-corrected chi connectivity index (χ3v) is 3.04. The summed E-state index contributed by atoms with van der Waals surface area (Å²) in [5.41, 5.74) is 0.911. The number of nitrogens with zero attached hydrogens (tertiary/aromatic N) is 4. The summed E-state index contributed by atoms with van der Waals surface area (Å²) in [5.74, 6) is 0. The SMILES string of the molecule is c1ccc2nc(OCCCCn3cccn3)ncc2c1. The highest BCUT2D eigenvalue weighted by Crippen LogP contribution is 2.13. The first-order valence-electron chi connectivity index (χ1n) is 6.74. The van der Waals surface area contributed by atoms with Gasteiger partial charge < -0.3 is 4.74 Å². The van der Waals surface area contributed by atoms with E-state index in [-0.39, 0.29) is 0 Å². The van der Waals surface area contributed by atoms with E-state index in [0.29, 0.717) is 12.6 Å². The Morgan fingerprint density at radius 3 is 2.95 bits per heavy atom. The Morgan fingerprint density at radius 1 is 1.10 bits per heavy atom. The van der Waals surface area contributed by atoms with Crippen LogP contribution in [0.2, 0.25) is 0 Å². The van der Waals surface area contributed by atoms with Crippen LogP contribution in [-0.4, -0.2) is 26.4 Å². The molecule has 20 heavy (non-hydrogen) atoms. The molecule has 0 N–H and O–H groups in total. The number of hydrogen-bond acceptors (Lipinski definition) is 4. The minimum Gasteiger partial charge on any atom is -0.463 e. The van der Waals surface area contributed by atoms with Crippen LogP contribution in [0.25, 0.3) is 10.9 Å². The number of unbranched alkanes of at least 4 members (excludes halogenated alkanes) is 1. The Morgan fingerprint density at radius 2 is 2.05 bits per heavy atom. The molecule has 3 rings (SSSR count). The van der Waals surface area contributed by atoms with Gasteiger partial charge in [0.05, 0.1) is 12.1 Å². The second kappa shape index (κ2) is 6.14. The molecule has 0 amide bonds. The van der Waals surface area contributed by atoms with Crippen LogP contribution in [0.1, 0.15) is 12.8 Å². The lowest BCUT2D eigenvalue weighted by Gasteiger charge is -2.05. The molecule has 0 spiro atoms. The number of para-hydroxylation sites is 1. The van der Waals surface area contributed by atoms with E-state index in [1.807, 2.05) is 41.2 Å². The van der Waals surface area contributed by atoms with Crippen molar-refractivity contribution in [3.8, 4) is 6.01 Å². The third-order valence-electron chi connectivity index (χ3n) is 3.04. The van der Waals surface area contributed by atoms with Gasteiger partial charge in [-0.1, -0.05) is 18.2 Å². The standard InChI is InChI=1S/C15H16N4O/c1-2-7-14-13(6-1)12-16-15(18-14)20-11-4-3-9-19-10-5-8-17-19/h1-2,5-8,10,12H,3-4,9,11H2. The minimum absolute atomic E-state index is 0.447. The molecular formula is C15H16N4O. The molecule has 0 aliphatic rings. The Bertz CT molecular complexity index is 666. The maximum atomic E-state index is 5.58. The quantitative estimate of drug-likeness (QED) is 0.645. The predicted octanol–water partition coefficient (Wildman–Crippen LogP) is 2.69. The van der Waals surface area contributed by atoms with E-state index in [4.69, 9.17) is 4.74 Å². The molecule has 0 aliphatic carbocycles. The normalized spacial score (nSPS) is 10.8. The number of ether oxygens (including phenoxy) is 1. The summed E-state index contributed by atoms with van der Waals surface area (Å²) in [4.78, 5) is 8.58. The molecule has 0 saturated carbocycles. The van der Waals surface area contributed by atoms with Crippen LogP contribution < -0.4 is 4.74 Å². The second-order valence-corrected chi connectivity index (χ2v) is 4.54. The molecule has 0 aliphatic heterocycles. The number of aryl methyl sites for hydroxylation is 1. The first-order chi connectivity index (χ1) is 9.92. The zero-order chi connectivity index (χ0) is 13.6. The number of hydrogen-bond donors (Lipinski definition) is 0. The summed E-state index contributed by atoms with van der Waals surface area (Å²) in [6.07, 6.45) is 7.53. The highest BCUT2D eigenvalue weighted by atomic mass is 16.5. The molecule has 2 heterocycles. The van der Waals surface area contributed by atoms with Crippen molar-refractivity contribution >= 4 is 10.9 Å². The molecular weight excluding hydrogens is 252 g/mol. The summed E-state index contributed by atoms with van der Waals surface area (Å²) in [6.45, 7) is 1.54. The Hall–Kier alpha value is -2.43. The lowest BCUT2D eigenvalue weighted by Crippen LogP contribution is -2.04. The monoisotopic (exact) mass is 268 g/mol. The molecule has 0 saturated heterocycles. The first-order valence-corrected chi connectivity index (χ1v) is 6.74. The average molecular weight is 268 g/mol. The number of aromatic nitrogens is 4. The van der Waals surface area contributed by atoms with Gasteiger partial charge in [0.2, 0.25) is 0 Å². The maximum Gasteiger partial charge on any atom is 0.316 e. The number of fused-ring (bicyclic) bond motifs is 1. The molecule has 5 nitrogen and oxygen atoms in total. The van der Waals surface area contributed by atoms with Gasteiger partial charge in [-0.2, -0.15) is 10.1 Å². The number of rotatable bonds is 6. The largest absolute Gasteiger partial charge is 0.463 e. The van der Waals surface area contributed by atoms with Gasteiger partial charge in [-0.05, 0) is 25.0 Å². The highest BCUT2D eigenvalue weighted by molar-refractivity contribution is 5.77. The van der Waals surface area contributed by atoms with Crippen molar-refractivity contribution in [1.29, 1.82) is 0 Å². The van der Waals surface area contributed by atoms with Crippen LogP contribution in [-0.2, 0) is 6.54 Å². The van der Waals surface area contributed by atoms with E-state index in [2.05, 4.69) is 15.1 Å². The average Bonchev–Trinajstić information content (AvgIpc) is 3.00. The van der Waals surface area contributed by atoms with Gasteiger partial charge in [-0.25, -0.2) is 4.98 Å². The van der Waals surface area contributed by atoms with Crippen molar-refractivity contribution in [1.82, 2.24) is 19.7 Å². The maximum absolute atomic E-state index is 5.58. The Labute approximate surface area is 117 Å². The van der Waals surface area contributed by atoms with Crippen LogP contribution in [0, 0.1) is 0 Å². The van der Waals surface area contributed by atoms with Gasteiger partial charge in [0.15, 0.2) is 0 Å². The topological polar surface area (TPSA) is 52.8 Å². The van der Waals surface area contributed by atoms with Gasteiger partial charge in [-0.15, -0.1) is 0 Å². The fraction of sp³-hybridized carbons (Fsp3) is 0.267. The summed E-state index contributed by atoms with van der Waals surface area (Å²) in [5, 5.41) is 5.18. The summed E-state index contributed by atoms with van der Waals surface area (Å²) in [6, 6.07) is 10.3. The smallest absolute Gasteiger partial charge is 0.316 e. The predicted molar refractivity (Wildman–Crippen MR) is 76.5 cm³/mol. The first kappa shape index (κ1) is 12.6. The molecule has 1 aromatic carbocycles. The molecule has 0 bridgehead atoms. The fourth-order valence-corrected chi connectivity index (χ4v) is 2.00. The van der Waals surface area contributed by atoms with Crippen LogP contribution in [0.5, 0.6) is 6.01 Å². The zero-order valence-corrected chi connectivity index (χ0v) is 11.1. The van der Waals surface area contributed by atoms with E-state index in [1.165, 1.54) is 0 Å². The van der Waals surface area contributed by atoms with E-state index >= 15 is 0 Å². The zero-order valence-electron chi connectivity index (χ0n) is 11.1. The van der Waals surface area contributed by atoms with E-state index in [9.17, 15) is 0 Å². The molecule has 0 fully saturated rings. The van der Waals surface area contributed by atoms with Crippen molar-refractivity contribution in [3.63, 3.8) is 0 Å². The van der Waals surface area contributed by atoms with Crippen LogP contribution in [0.15, 0.2) is 48.9 Å². The molecule has 102 valence electrons. The van der Waals surface area contributed by atoms with Crippen LogP contribution in [0.3, 0.4) is 0 Å². The Kier molecular flexibility index (Phi) is 3.87. The van der Waals surface area contributed by atoms with E-state index < -0.39 is 0 Å². The third kappa shape index (κ3) is 3.12. The van der Waals surface area contributed by atoms with E-state index in [0.717, 1.165) is 30.3 Å². The molecule has 3 aromatic rings. The molecule has 0 unspecified atom stereocenters. The second-order valence-electron chi connectivity index (χ2n) is 4.54. The van der Waals surface area contributed by atoms with Crippen molar-refractivity contribution < 1.29 is 4.74 Å². The van der Waals surface area contributed by atoms with Crippen LogP contribution >= 0.6 is 0 Å². The van der Waals surface area contributed by atoms with Gasteiger partial charge in [0, 0.05) is 30.5 Å². The van der Waals surface area contributed by atoms with Gasteiger partial charge in [0.1, 0.15) is 0 Å². The highest BCUT2D eigenvalue weighted by Gasteiger charge is 2.00. The van der Waals surface area contributed by atoms with Gasteiger partial charge in [0.25, 0.3) is 0 Å². The number of benzene rings is 1. The molecule has 0 radical (unpaired) electrons.